The number of amides is 1. The molecule has 1 fully saturated rings. The number of sulfonamides is 1. The highest BCUT2D eigenvalue weighted by molar-refractivity contribution is 7.92. The molecule has 0 bridgehead atoms. The highest BCUT2D eigenvalue weighted by atomic mass is 32.2. The van der Waals surface area contributed by atoms with Gasteiger partial charge in [0.15, 0.2) is 5.69 Å². The normalized spacial score (nSPS) is 15.6. The van der Waals surface area contributed by atoms with Crippen LogP contribution in [0.1, 0.15) is 43.1 Å². The predicted molar refractivity (Wildman–Crippen MR) is 76.0 cm³/mol. The quantitative estimate of drug-likeness (QED) is 0.825. The van der Waals surface area contributed by atoms with E-state index in [9.17, 15) is 13.2 Å². The molecule has 2 N–H and O–H groups in total. The summed E-state index contributed by atoms with van der Waals surface area (Å²) in [6.45, 7) is 3.33. The molecule has 0 aliphatic carbocycles. The van der Waals surface area contributed by atoms with Crippen LogP contribution in [0.3, 0.4) is 0 Å². The van der Waals surface area contributed by atoms with Gasteiger partial charge in [0.1, 0.15) is 0 Å². The maximum absolute atomic E-state index is 12.2. The van der Waals surface area contributed by atoms with Crippen molar-refractivity contribution >= 4 is 21.6 Å². The van der Waals surface area contributed by atoms with E-state index >= 15 is 0 Å². The minimum atomic E-state index is -3.43. The molecule has 1 aromatic heterocycles. The topological polar surface area (TPSA) is 95.2 Å². The molecule has 0 unspecified atom stereocenters. The van der Waals surface area contributed by atoms with Crippen molar-refractivity contribution in [2.24, 2.45) is 0 Å². The van der Waals surface area contributed by atoms with E-state index in [0.717, 1.165) is 19.3 Å². The van der Waals surface area contributed by atoms with Gasteiger partial charge in [-0.2, -0.15) is 5.10 Å². The van der Waals surface area contributed by atoms with Crippen molar-refractivity contribution in [1.82, 2.24) is 15.1 Å². The van der Waals surface area contributed by atoms with Crippen molar-refractivity contribution in [3.05, 3.63) is 11.9 Å². The Morgan fingerprint density at radius 2 is 2.15 bits per heavy atom. The van der Waals surface area contributed by atoms with Gasteiger partial charge in [0.05, 0.1) is 11.4 Å². The van der Waals surface area contributed by atoms with Gasteiger partial charge in [-0.05, 0) is 19.3 Å². The number of aromatic nitrogens is 2. The van der Waals surface area contributed by atoms with Crippen LogP contribution in [0.5, 0.6) is 0 Å². The summed E-state index contributed by atoms with van der Waals surface area (Å²) in [5, 5.41) is 6.44. The van der Waals surface area contributed by atoms with Crippen LogP contribution >= 0.6 is 0 Å². The Morgan fingerprint density at radius 3 is 2.80 bits per heavy atom. The molecule has 2 heterocycles. The zero-order valence-electron chi connectivity index (χ0n) is 11.6. The molecule has 2 rings (SSSR count). The fourth-order valence-electron chi connectivity index (χ4n) is 2.15. The van der Waals surface area contributed by atoms with E-state index in [0.29, 0.717) is 19.5 Å². The Balaban J connectivity index is 2.10. The van der Waals surface area contributed by atoms with Crippen LogP contribution in [0.2, 0.25) is 0 Å². The van der Waals surface area contributed by atoms with Crippen molar-refractivity contribution in [1.29, 1.82) is 0 Å². The van der Waals surface area contributed by atoms with Crippen molar-refractivity contribution in [2.45, 2.75) is 32.6 Å². The summed E-state index contributed by atoms with van der Waals surface area (Å²) in [6, 6.07) is 0. The van der Waals surface area contributed by atoms with Crippen LogP contribution in [-0.2, 0) is 10.0 Å². The second-order valence-corrected chi connectivity index (χ2v) is 6.76. The number of rotatable bonds is 6. The molecule has 0 aromatic carbocycles. The van der Waals surface area contributed by atoms with Gasteiger partial charge in [-0.25, -0.2) is 8.42 Å². The van der Waals surface area contributed by atoms with Gasteiger partial charge in [0, 0.05) is 19.3 Å². The number of nitrogens with zero attached hydrogens (tertiary/aromatic N) is 2. The minimum absolute atomic E-state index is 0.0476. The number of likely N-dealkylation sites (tertiary alicyclic amines) is 1. The van der Waals surface area contributed by atoms with Gasteiger partial charge in [0.2, 0.25) is 10.0 Å². The van der Waals surface area contributed by atoms with Gasteiger partial charge in [-0.1, -0.05) is 13.3 Å². The number of hydrogen-bond acceptors (Lipinski definition) is 4. The summed E-state index contributed by atoms with van der Waals surface area (Å²) in [5.74, 6) is -0.177. The number of nitrogens with one attached hydrogen (secondary N) is 2. The molecule has 7 nitrogen and oxygen atoms in total. The van der Waals surface area contributed by atoms with Crippen LogP contribution in [-0.4, -0.2) is 48.3 Å². The van der Waals surface area contributed by atoms with Crippen LogP contribution in [0.25, 0.3) is 0 Å². The van der Waals surface area contributed by atoms with Crippen molar-refractivity contribution in [2.75, 3.05) is 23.6 Å². The third kappa shape index (κ3) is 3.50. The number of hydrogen-bond donors (Lipinski definition) is 2. The highest BCUT2D eigenvalue weighted by Gasteiger charge is 2.25. The Kier molecular flexibility index (Phi) is 4.64. The first kappa shape index (κ1) is 14.8. The van der Waals surface area contributed by atoms with Crippen LogP contribution in [0, 0.1) is 0 Å². The second kappa shape index (κ2) is 6.25. The number of H-pyrrole nitrogens is 1. The highest BCUT2D eigenvalue weighted by Crippen LogP contribution is 2.19. The van der Waals surface area contributed by atoms with Crippen LogP contribution in [0.15, 0.2) is 6.20 Å². The van der Waals surface area contributed by atoms with Gasteiger partial charge in [0.25, 0.3) is 5.91 Å². The van der Waals surface area contributed by atoms with Crippen LogP contribution < -0.4 is 4.72 Å². The summed E-state index contributed by atoms with van der Waals surface area (Å²) in [6.07, 6.45) is 4.75. The summed E-state index contributed by atoms with van der Waals surface area (Å²) in [4.78, 5) is 13.9. The van der Waals surface area contributed by atoms with Gasteiger partial charge in [-0.3, -0.25) is 14.6 Å². The molecule has 1 aliphatic heterocycles. The van der Waals surface area contributed by atoms with Crippen molar-refractivity contribution in [3.8, 4) is 0 Å². The zero-order chi connectivity index (χ0) is 14.6. The maximum Gasteiger partial charge on any atom is 0.276 e. The van der Waals surface area contributed by atoms with Gasteiger partial charge >= 0.3 is 0 Å². The summed E-state index contributed by atoms with van der Waals surface area (Å²) in [7, 11) is -3.43. The Morgan fingerprint density at radius 1 is 1.45 bits per heavy atom. The first-order chi connectivity index (χ1) is 9.53. The average Bonchev–Trinajstić information content (AvgIpc) is 3.06. The lowest BCUT2D eigenvalue weighted by Crippen LogP contribution is -2.29. The lowest BCUT2D eigenvalue weighted by molar-refractivity contribution is 0.0788. The first-order valence-corrected chi connectivity index (χ1v) is 8.52. The zero-order valence-corrected chi connectivity index (χ0v) is 12.4. The summed E-state index contributed by atoms with van der Waals surface area (Å²) < 4.78 is 26.2. The number of carbonyl (C=O) groups is 1. The third-order valence-electron chi connectivity index (χ3n) is 3.27. The van der Waals surface area contributed by atoms with Crippen LogP contribution in [0.4, 0.5) is 5.69 Å². The van der Waals surface area contributed by atoms with E-state index < -0.39 is 10.0 Å². The summed E-state index contributed by atoms with van der Waals surface area (Å²) >= 11 is 0. The van der Waals surface area contributed by atoms with E-state index in [1.807, 2.05) is 6.92 Å². The second-order valence-electron chi connectivity index (χ2n) is 4.92. The first-order valence-electron chi connectivity index (χ1n) is 6.87. The van der Waals surface area contributed by atoms with E-state index in [2.05, 4.69) is 14.9 Å². The summed E-state index contributed by atoms with van der Waals surface area (Å²) in [5.41, 5.74) is 0.380. The van der Waals surface area contributed by atoms with Gasteiger partial charge < -0.3 is 4.90 Å². The molecule has 0 radical (unpaired) electrons. The van der Waals surface area contributed by atoms with E-state index in [4.69, 9.17) is 0 Å². The Bertz CT molecular complexity index is 561. The SMILES string of the molecule is CCCCS(=O)(=O)Nc1c[nH]nc1C(=O)N1CCCC1. The number of aromatic amines is 1. The van der Waals surface area contributed by atoms with E-state index in [1.165, 1.54) is 6.20 Å². The lowest BCUT2D eigenvalue weighted by Gasteiger charge is -2.14. The lowest BCUT2D eigenvalue weighted by atomic mass is 10.3. The molecular formula is C12H20N4O3S. The molecular weight excluding hydrogens is 280 g/mol. The standard InChI is InChI=1S/C12H20N4O3S/c1-2-3-8-20(18,19)15-10-9-13-14-11(10)12(17)16-6-4-5-7-16/h9,15H,2-8H2,1H3,(H,13,14). The Labute approximate surface area is 118 Å². The molecule has 20 heavy (non-hydrogen) atoms. The number of unbranched alkanes of at least 4 members (excludes halogenated alkanes) is 1. The monoisotopic (exact) mass is 300 g/mol. The molecule has 0 spiro atoms. The van der Waals surface area contributed by atoms with Crippen molar-refractivity contribution < 1.29 is 13.2 Å². The fourth-order valence-corrected chi connectivity index (χ4v) is 3.42. The van der Waals surface area contributed by atoms with Gasteiger partial charge in [-0.15, -0.1) is 0 Å². The number of carbonyl (C=O) groups excluding carboxylic acids is 1. The Hall–Kier alpha value is -1.57. The molecule has 1 saturated heterocycles. The molecule has 112 valence electrons. The average molecular weight is 300 g/mol. The number of anilines is 1. The molecule has 1 aromatic rings. The predicted octanol–water partition coefficient (Wildman–Crippen LogP) is 1.19. The van der Waals surface area contributed by atoms with E-state index in [1.54, 1.807) is 4.90 Å². The largest absolute Gasteiger partial charge is 0.337 e. The van der Waals surface area contributed by atoms with E-state index in [-0.39, 0.29) is 23.0 Å². The molecule has 0 saturated carbocycles. The molecule has 0 atom stereocenters. The minimum Gasteiger partial charge on any atom is -0.337 e. The molecule has 8 heteroatoms. The fraction of sp³-hybridized carbons (Fsp3) is 0.667. The maximum atomic E-state index is 12.2. The van der Waals surface area contributed by atoms with Crippen molar-refractivity contribution in [3.63, 3.8) is 0 Å². The smallest absolute Gasteiger partial charge is 0.276 e. The molecule has 1 aliphatic rings. The third-order valence-corrected chi connectivity index (χ3v) is 4.63. The molecule has 1 amide bonds.